The number of carbonyl (C=O) groups excluding carboxylic acids is 1. The van der Waals surface area contributed by atoms with E-state index in [9.17, 15) is 18.0 Å². The number of aromatic amines is 1. The van der Waals surface area contributed by atoms with Crippen molar-refractivity contribution >= 4 is 28.4 Å². The normalized spacial score (nSPS) is 20.2. The molecule has 1 atom stereocenters. The molecule has 1 aliphatic rings. The zero-order chi connectivity index (χ0) is 17.3. The molecule has 1 aromatic heterocycles. The van der Waals surface area contributed by atoms with Crippen LogP contribution in [0.25, 0.3) is 10.9 Å². The van der Waals surface area contributed by atoms with Crippen molar-refractivity contribution in [2.75, 3.05) is 6.54 Å². The van der Waals surface area contributed by atoms with E-state index in [4.69, 9.17) is 11.6 Å². The predicted octanol–water partition coefficient (Wildman–Crippen LogP) is 4.44. The number of nitrogens with one attached hydrogen (secondary N) is 2. The minimum Gasteiger partial charge on any atom is -0.361 e. The summed E-state index contributed by atoms with van der Waals surface area (Å²) in [6.07, 6.45) is 2.61. The molecule has 7 heteroatoms. The second-order valence-corrected chi connectivity index (χ2v) is 6.72. The number of hydrogen-bond acceptors (Lipinski definition) is 1. The molecular weight excluding hydrogens is 341 g/mol. The zero-order valence-corrected chi connectivity index (χ0v) is 13.7. The van der Waals surface area contributed by atoms with Crippen LogP contribution in [0.3, 0.4) is 0 Å². The topological polar surface area (TPSA) is 44.9 Å². The molecule has 0 unspecified atom stereocenters. The van der Waals surface area contributed by atoms with Crippen LogP contribution in [-0.2, 0) is 11.2 Å². The van der Waals surface area contributed by atoms with Gasteiger partial charge < -0.3 is 10.3 Å². The molecule has 1 saturated carbocycles. The molecule has 3 nitrogen and oxygen atoms in total. The van der Waals surface area contributed by atoms with Crippen LogP contribution in [0.5, 0.6) is 0 Å². The zero-order valence-electron chi connectivity index (χ0n) is 13.0. The second-order valence-electron chi connectivity index (χ2n) is 6.32. The lowest BCUT2D eigenvalue weighted by Crippen LogP contribution is -2.38. The maximum Gasteiger partial charge on any atom is 0.248 e. The lowest BCUT2D eigenvalue weighted by atomic mass is 9.86. The van der Waals surface area contributed by atoms with E-state index in [2.05, 4.69) is 10.3 Å². The summed E-state index contributed by atoms with van der Waals surface area (Å²) < 4.78 is 40.2. The standard InChI is InChI=1S/C17H18ClF3N2O/c18-13-6-12-11(9-23-15(12)7-14(13)19)3-5-22-16(24)10-2-1-4-17(20,21)8-10/h6-7,9-10,23H,1-5,8H2,(H,22,24)/t10-/m0/s1. The second kappa shape index (κ2) is 6.67. The Labute approximate surface area is 142 Å². The molecule has 0 spiro atoms. The monoisotopic (exact) mass is 358 g/mol. The lowest BCUT2D eigenvalue weighted by molar-refractivity contribution is -0.132. The van der Waals surface area contributed by atoms with Gasteiger partial charge in [-0.25, -0.2) is 13.2 Å². The molecule has 3 rings (SSSR count). The average Bonchev–Trinajstić information content (AvgIpc) is 2.89. The Kier molecular flexibility index (Phi) is 4.76. The van der Waals surface area contributed by atoms with E-state index in [0.29, 0.717) is 31.3 Å². The van der Waals surface area contributed by atoms with Crippen molar-refractivity contribution in [2.24, 2.45) is 5.92 Å². The summed E-state index contributed by atoms with van der Waals surface area (Å²) in [5.41, 5.74) is 1.52. The van der Waals surface area contributed by atoms with Gasteiger partial charge in [-0.3, -0.25) is 4.79 Å². The molecule has 1 aromatic carbocycles. The number of carbonyl (C=O) groups is 1. The van der Waals surface area contributed by atoms with Gasteiger partial charge in [-0.2, -0.15) is 0 Å². The van der Waals surface area contributed by atoms with Crippen molar-refractivity contribution in [3.05, 3.63) is 34.7 Å². The van der Waals surface area contributed by atoms with Crippen molar-refractivity contribution in [1.82, 2.24) is 10.3 Å². The third-order valence-electron chi connectivity index (χ3n) is 4.51. The van der Waals surface area contributed by atoms with Gasteiger partial charge in [0.25, 0.3) is 0 Å². The van der Waals surface area contributed by atoms with E-state index < -0.39 is 17.7 Å². The van der Waals surface area contributed by atoms with Gasteiger partial charge in [0.15, 0.2) is 0 Å². The lowest BCUT2D eigenvalue weighted by Gasteiger charge is -2.27. The Morgan fingerprint density at radius 1 is 1.42 bits per heavy atom. The molecule has 24 heavy (non-hydrogen) atoms. The quantitative estimate of drug-likeness (QED) is 0.833. The molecule has 0 bridgehead atoms. The SMILES string of the molecule is O=C(NCCc1c[nH]c2cc(F)c(Cl)cc12)[C@H]1CCCC(F)(F)C1. The summed E-state index contributed by atoms with van der Waals surface area (Å²) in [4.78, 5) is 15.0. The number of halogens is 4. The Morgan fingerprint density at radius 3 is 2.96 bits per heavy atom. The van der Waals surface area contributed by atoms with Gasteiger partial charge in [0, 0.05) is 42.4 Å². The van der Waals surface area contributed by atoms with E-state index in [1.807, 2.05) is 0 Å². The van der Waals surface area contributed by atoms with E-state index in [-0.39, 0.29) is 23.8 Å². The first-order valence-electron chi connectivity index (χ1n) is 7.96. The highest BCUT2D eigenvalue weighted by molar-refractivity contribution is 6.31. The van der Waals surface area contributed by atoms with Crippen LogP contribution in [0.4, 0.5) is 13.2 Å². The fourth-order valence-electron chi connectivity index (χ4n) is 3.24. The third kappa shape index (κ3) is 3.69. The van der Waals surface area contributed by atoms with Gasteiger partial charge in [-0.05, 0) is 37.0 Å². The van der Waals surface area contributed by atoms with E-state index in [0.717, 1.165) is 10.9 Å². The summed E-state index contributed by atoms with van der Waals surface area (Å²) in [7, 11) is 0. The molecular formula is C17H18ClF3N2O. The number of rotatable bonds is 4. The summed E-state index contributed by atoms with van der Waals surface area (Å²) in [6, 6.07) is 2.87. The Bertz CT molecular complexity index is 760. The fraction of sp³-hybridized carbons (Fsp3) is 0.471. The molecule has 0 saturated heterocycles. The van der Waals surface area contributed by atoms with Gasteiger partial charge >= 0.3 is 0 Å². The Morgan fingerprint density at radius 2 is 2.21 bits per heavy atom. The van der Waals surface area contributed by atoms with Crippen LogP contribution in [0.2, 0.25) is 5.02 Å². The molecule has 130 valence electrons. The molecule has 2 N–H and O–H groups in total. The average molecular weight is 359 g/mol. The molecule has 0 radical (unpaired) electrons. The molecule has 0 aliphatic heterocycles. The number of benzene rings is 1. The van der Waals surface area contributed by atoms with Gasteiger partial charge in [-0.15, -0.1) is 0 Å². The first kappa shape index (κ1) is 17.1. The van der Waals surface area contributed by atoms with Crippen LogP contribution in [0.1, 0.15) is 31.2 Å². The Balaban J connectivity index is 1.58. The highest BCUT2D eigenvalue weighted by atomic mass is 35.5. The van der Waals surface area contributed by atoms with Crippen LogP contribution in [0, 0.1) is 11.7 Å². The van der Waals surface area contributed by atoms with Crippen molar-refractivity contribution < 1.29 is 18.0 Å². The van der Waals surface area contributed by atoms with Crippen LogP contribution in [0.15, 0.2) is 18.3 Å². The number of H-pyrrole nitrogens is 1. The first-order valence-corrected chi connectivity index (χ1v) is 8.34. The van der Waals surface area contributed by atoms with Gasteiger partial charge in [0.1, 0.15) is 5.82 Å². The van der Waals surface area contributed by atoms with Crippen molar-refractivity contribution in [3.63, 3.8) is 0 Å². The molecule has 1 fully saturated rings. The summed E-state index contributed by atoms with van der Waals surface area (Å²) >= 11 is 5.80. The van der Waals surface area contributed by atoms with Crippen molar-refractivity contribution in [1.29, 1.82) is 0 Å². The van der Waals surface area contributed by atoms with Crippen LogP contribution >= 0.6 is 11.6 Å². The third-order valence-corrected chi connectivity index (χ3v) is 4.80. The number of alkyl halides is 2. The summed E-state index contributed by atoms with van der Waals surface area (Å²) in [5, 5.41) is 3.56. The predicted molar refractivity (Wildman–Crippen MR) is 86.9 cm³/mol. The molecule has 1 amide bonds. The van der Waals surface area contributed by atoms with Gasteiger partial charge in [0.2, 0.25) is 11.8 Å². The number of aromatic nitrogens is 1. The summed E-state index contributed by atoms with van der Waals surface area (Å²) in [5.74, 6) is -4.18. The van der Waals surface area contributed by atoms with Gasteiger partial charge in [-0.1, -0.05) is 11.6 Å². The van der Waals surface area contributed by atoms with Crippen molar-refractivity contribution in [2.45, 2.75) is 38.0 Å². The van der Waals surface area contributed by atoms with E-state index >= 15 is 0 Å². The number of hydrogen-bond donors (Lipinski definition) is 2. The highest BCUT2D eigenvalue weighted by Gasteiger charge is 2.38. The maximum atomic E-state index is 13.4. The number of amides is 1. The van der Waals surface area contributed by atoms with Crippen molar-refractivity contribution in [3.8, 4) is 0 Å². The van der Waals surface area contributed by atoms with E-state index in [1.54, 1.807) is 12.3 Å². The first-order chi connectivity index (χ1) is 11.4. The molecule has 2 aromatic rings. The molecule has 1 heterocycles. The minimum absolute atomic E-state index is 0.0387. The van der Waals surface area contributed by atoms with Gasteiger partial charge in [0.05, 0.1) is 5.02 Å². The minimum atomic E-state index is -2.74. The Hall–Kier alpha value is -1.69. The smallest absolute Gasteiger partial charge is 0.248 e. The summed E-state index contributed by atoms with van der Waals surface area (Å²) in [6.45, 7) is 0.336. The van der Waals surface area contributed by atoms with Crippen LogP contribution < -0.4 is 5.32 Å². The maximum absolute atomic E-state index is 13.4. The van der Waals surface area contributed by atoms with Crippen LogP contribution in [-0.4, -0.2) is 23.4 Å². The van der Waals surface area contributed by atoms with E-state index in [1.165, 1.54) is 6.07 Å². The largest absolute Gasteiger partial charge is 0.361 e. The fourth-order valence-corrected chi connectivity index (χ4v) is 3.41. The molecule has 1 aliphatic carbocycles. The highest BCUT2D eigenvalue weighted by Crippen LogP contribution is 2.36. The number of fused-ring (bicyclic) bond motifs is 1.